The fourth-order valence-electron chi connectivity index (χ4n) is 4.34. The zero-order valence-electron chi connectivity index (χ0n) is 15.5. The van der Waals surface area contributed by atoms with Crippen molar-refractivity contribution in [3.05, 3.63) is 0 Å². The fourth-order valence-corrected chi connectivity index (χ4v) is 5.15. The van der Waals surface area contributed by atoms with Gasteiger partial charge in [-0.3, -0.25) is 5.32 Å². The Kier molecular flexibility index (Phi) is 6.71. The highest BCUT2D eigenvalue weighted by molar-refractivity contribution is 7.88. The minimum atomic E-state index is -3.70. The summed E-state index contributed by atoms with van der Waals surface area (Å²) in [6.45, 7) is 4.05. The van der Waals surface area contributed by atoms with Gasteiger partial charge in [-0.05, 0) is 50.4 Å². The lowest BCUT2D eigenvalue weighted by Crippen LogP contribution is -2.52. The summed E-state index contributed by atoms with van der Waals surface area (Å²) in [7, 11) is -3.70. The maximum absolute atomic E-state index is 12.2. The Morgan fingerprint density at radius 2 is 1.92 bits per heavy atom. The molecule has 0 saturated heterocycles. The molecule has 0 spiro atoms. The third-order valence-corrected chi connectivity index (χ3v) is 6.75. The summed E-state index contributed by atoms with van der Waals surface area (Å²) in [4.78, 5) is 24.3. The summed E-state index contributed by atoms with van der Waals surface area (Å²) in [5.74, 6) is 1.90. The van der Waals surface area contributed by atoms with Gasteiger partial charge in [0.1, 0.15) is 0 Å². The van der Waals surface area contributed by atoms with Crippen LogP contribution in [0.3, 0.4) is 0 Å². The van der Waals surface area contributed by atoms with Crippen molar-refractivity contribution < 1.29 is 18.0 Å². The Hall–Kier alpha value is -1.31. The van der Waals surface area contributed by atoms with E-state index in [4.69, 9.17) is 0 Å². The third-order valence-electron chi connectivity index (χ3n) is 5.61. The number of amides is 4. The fraction of sp³-hybridized carbons (Fsp3) is 0.882. The number of sulfonamides is 1. The molecule has 8 heteroatoms. The van der Waals surface area contributed by atoms with Crippen LogP contribution in [0.1, 0.15) is 58.8 Å². The maximum Gasteiger partial charge on any atom is 0.339 e. The van der Waals surface area contributed by atoms with E-state index in [9.17, 15) is 18.0 Å². The molecule has 0 aromatic rings. The van der Waals surface area contributed by atoms with Gasteiger partial charge in [0.2, 0.25) is 10.0 Å². The van der Waals surface area contributed by atoms with Crippen LogP contribution in [0.25, 0.3) is 0 Å². The van der Waals surface area contributed by atoms with Gasteiger partial charge >= 0.3 is 12.1 Å². The highest BCUT2D eigenvalue weighted by Gasteiger charge is 2.42. The molecule has 25 heavy (non-hydrogen) atoms. The van der Waals surface area contributed by atoms with Crippen LogP contribution in [0.5, 0.6) is 0 Å². The molecule has 2 rings (SSSR count). The molecule has 0 aromatic carbocycles. The van der Waals surface area contributed by atoms with Gasteiger partial charge in [-0.25, -0.2) is 22.3 Å². The minimum Gasteiger partial charge on any atom is -0.335 e. The SMILES string of the molecule is CCCCCN(C(=O)NC(=O)N[C@@H](C)[C@@H]1C[C@H]2CC[C@H]1C2)S(C)(=O)=O. The predicted molar refractivity (Wildman–Crippen MR) is 96.5 cm³/mol. The summed E-state index contributed by atoms with van der Waals surface area (Å²) in [5, 5.41) is 4.99. The average Bonchev–Trinajstić information content (AvgIpc) is 3.12. The minimum absolute atomic E-state index is 0.0186. The van der Waals surface area contributed by atoms with Crippen LogP contribution in [-0.4, -0.2) is 43.6 Å². The molecule has 2 aliphatic rings. The molecule has 0 unspecified atom stereocenters. The van der Waals surface area contributed by atoms with Crippen molar-refractivity contribution in [1.82, 2.24) is 14.9 Å². The van der Waals surface area contributed by atoms with Gasteiger partial charge in [0.15, 0.2) is 0 Å². The highest BCUT2D eigenvalue weighted by atomic mass is 32.2. The van der Waals surface area contributed by atoms with Gasteiger partial charge in [0, 0.05) is 12.6 Å². The van der Waals surface area contributed by atoms with E-state index in [2.05, 4.69) is 10.6 Å². The van der Waals surface area contributed by atoms with Gasteiger partial charge in [0.05, 0.1) is 6.26 Å². The zero-order chi connectivity index (χ0) is 18.6. The molecular weight excluding hydrogens is 342 g/mol. The number of rotatable bonds is 7. The summed E-state index contributed by atoms with van der Waals surface area (Å²) >= 11 is 0. The van der Waals surface area contributed by atoms with Crippen LogP contribution in [-0.2, 0) is 10.0 Å². The second-order valence-electron chi connectivity index (χ2n) is 7.57. The van der Waals surface area contributed by atoms with Crippen molar-refractivity contribution >= 4 is 22.1 Å². The summed E-state index contributed by atoms with van der Waals surface area (Å²) in [6.07, 6.45) is 8.20. The van der Waals surface area contributed by atoms with Crippen molar-refractivity contribution in [2.75, 3.05) is 12.8 Å². The lowest BCUT2D eigenvalue weighted by Gasteiger charge is -2.28. The summed E-state index contributed by atoms with van der Waals surface area (Å²) in [5.41, 5.74) is 0. The molecular formula is C17H31N3O4S. The summed E-state index contributed by atoms with van der Waals surface area (Å²) in [6, 6.07) is -1.52. The largest absolute Gasteiger partial charge is 0.339 e. The second kappa shape index (κ2) is 8.38. The number of hydrogen-bond acceptors (Lipinski definition) is 4. The predicted octanol–water partition coefficient (Wildman–Crippen LogP) is 2.68. The van der Waals surface area contributed by atoms with E-state index in [1.807, 2.05) is 13.8 Å². The Morgan fingerprint density at radius 3 is 2.44 bits per heavy atom. The molecule has 7 nitrogen and oxygen atoms in total. The van der Waals surface area contributed by atoms with Crippen molar-refractivity contribution in [2.24, 2.45) is 17.8 Å². The van der Waals surface area contributed by atoms with E-state index in [1.54, 1.807) is 0 Å². The lowest BCUT2D eigenvalue weighted by atomic mass is 9.84. The number of urea groups is 2. The molecule has 0 heterocycles. The number of fused-ring (bicyclic) bond motifs is 2. The van der Waals surface area contributed by atoms with Crippen molar-refractivity contribution in [2.45, 2.75) is 64.8 Å². The van der Waals surface area contributed by atoms with E-state index in [1.165, 1.54) is 19.3 Å². The zero-order valence-corrected chi connectivity index (χ0v) is 16.3. The topological polar surface area (TPSA) is 95.6 Å². The number of carbonyl (C=O) groups is 2. The van der Waals surface area contributed by atoms with Crippen molar-refractivity contribution in [3.63, 3.8) is 0 Å². The molecule has 2 N–H and O–H groups in total. The van der Waals surface area contributed by atoms with Crippen LogP contribution in [0, 0.1) is 17.8 Å². The smallest absolute Gasteiger partial charge is 0.335 e. The van der Waals surface area contributed by atoms with Crippen LogP contribution in [0.2, 0.25) is 0 Å². The first kappa shape index (κ1) is 20.0. The van der Waals surface area contributed by atoms with E-state index in [-0.39, 0.29) is 12.6 Å². The van der Waals surface area contributed by atoms with Gasteiger partial charge < -0.3 is 5.32 Å². The number of imide groups is 1. The van der Waals surface area contributed by atoms with Gasteiger partial charge in [0.25, 0.3) is 0 Å². The van der Waals surface area contributed by atoms with Crippen molar-refractivity contribution in [3.8, 4) is 0 Å². The van der Waals surface area contributed by atoms with Crippen LogP contribution >= 0.6 is 0 Å². The first-order valence-electron chi connectivity index (χ1n) is 9.31. The molecule has 0 aliphatic heterocycles. The van der Waals surface area contributed by atoms with E-state index >= 15 is 0 Å². The lowest BCUT2D eigenvalue weighted by molar-refractivity contribution is 0.207. The van der Waals surface area contributed by atoms with Gasteiger partial charge in [-0.1, -0.05) is 26.2 Å². The number of hydrogen-bond donors (Lipinski definition) is 2. The van der Waals surface area contributed by atoms with E-state index < -0.39 is 22.1 Å². The molecule has 0 radical (unpaired) electrons. The number of unbranched alkanes of at least 4 members (excludes halogenated alkanes) is 2. The van der Waals surface area contributed by atoms with E-state index in [0.29, 0.717) is 18.3 Å². The number of nitrogens with zero attached hydrogens (tertiary/aromatic N) is 1. The molecule has 2 bridgehead atoms. The monoisotopic (exact) mass is 373 g/mol. The number of nitrogens with one attached hydrogen (secondary N) is 2. The van der Waals surface area contributed by atoms with Crippen LogP contribution < -0.4 is 10.6 Å². The second-order valence-corrected chi connectivity index (χ2v) is 9.48. The highest BCUT2D eigenvalue weighted by Crippen LogP contribution is 2.49. The first-order valence-corrected chi connectivity index (χ1v) is 11.2. The molecule has 2 aliphatic carbocycles. The maximum atomic E-state index is 12.2. The average molecular weight is 374 g/mol. The quantitative estimate of drug-likeness (QED) is 0.671. The molecule has 2 fully saturated rings. The Balaban J connectivity index is 1.85. The van der Waals surface area contributed by atoms with Gasteiger partial charge in [-0.15, -0.1) is 0 Å². The normalized spacial score (nSPS) is 26.3. The summed E-state index contributed by atoms with van der Waals surface area (Å²) < 4.78 is 24.3. The third kappa shape index (κ3) is 5.33. The molecule has 4 atom stereocenters. The first-order chi connectivity index (χ1) is 11.7. The Morgan fingerprint density at radius 1 is 1.20 bits per heavy atom. The van der Waals surface area contributed by atoms with Crippen molar-refractivity contribution in [1.29, 1.82) is 0 Å². The Labute approximate surface area is 151 Å². The standard InChI is InChI=1S/C17H31N3O4S/c1-4-5-6-9-20(25(3,23)24)17(22)19-16(21)18-12(2)15-11-13-7-8-14(15)10-13/h12-15H,4-11H2,1-3H3,(H2,18,19,21,22)/t12-,13-,14-,15-/m0/s1. The van der Waals surface area contributed by atoms with Crippen LogP contribution in [0.4, 0.5) is 9.59 Å². The molecule has 0 aromatic heterocycles. The van der Waals surface area contributed by atoms with E-state index in [0.717, 1.165) is 35.7 Å². The molecule has 2 saturated carbocycles. The molecule has 144 valence electrons. The number of carbonyl (C=O) groups excluding carboxylic acids is 2. The van der Waals surface area contributed by atoms with Crippen LogP contribution in [0.15, 0.2) is 0 Å². The van der Waals surface area contributed by atoms with Gasteiger partial charge in [-0.2, -0.15) is 0 Å². The Bertz CT molecular complexity index is 593. The molecule has 4 amide bonds.